The van der Waals surface area contributed by atoms with E-state index in [0.29, 0.717) is 13.0 Å². The first-order valence-electron chi connectivity index (χ1n) is 6.03. The van der Waals surface area contributed by atoms with E-state index in [-0.39, 0.29) is 11.9 Å². The second-order valence-corrected chi connectivity index (χ2v) is 5.22. The number of thiazole rings is 1. The fourth-order valence-electron chi connectivity index (χ4n) is 1.36. The van der Waals surface area contributed by atoms with E-state index in [9.17, 15) is 4.79 Å². The molecule has 0 spiro atoms. The number of carbonyl (C=O) groups excluding carboxylic acids is 1. The minimum atomic E-state index is 0.112. The number of carbonyl (C=O) groups is 1. The predicted octanol–water partition coefficient (Wildman–Crippen LogP) is 1.85. The zero-order valence-electron chi connectivity index (χ0n) is 10.7. The molecule has 96 valence electrons. The van der Waals surface area contributed by atoms with Gasteiger partial charge in [-0.15, -0.1) is 11.3 Å². The van der Waals surface area contributed by atoms with Gasteiger partial charge in [-0.3, -0.25) is 4.79 Å². The second kappa shape index (κ2) is 7.40. The molecule has 0 fully saturated rings. The lowest BCUT2D eigenvalue weighted by Gasteiger charge is -2.11. The fraction of sp³-hybridized carbons (Fsp3) is 0.667. The minimum Gasteiger partial charge on any atom is -0.354 e. The smallest absolute Gasteiger partial charge is 0.221 e. The molecule has 1 unspecified atom stereocenters. The van der Waals surface area contributed by atoms with Crippen LogP contribution in [0, 0.1) is 6.92 Å². The van der Waals surface area contributed by atoms with Crippen molar-refractivity contribution in [2.24, 2.45) is 0 Å². The molecule has 0 saturated carbocycles. The van der Waals surface area contributed by atoms with Crippen LogP contribution in [0.15, 0.2) is 5.38 Å². The molecular formula is C12H21N3OS. The molecule has 0 saturated heterocycles. The monoisotopic (exact) mass is 255 g/mol. The van der Waals surface area contributed by atoms with Crippen LogP contribution in [0.3, 0.4) is 0 Å². The molecule has 1 amide bonds. The third-order valence-corrected chi connectivity index (χ3v) is 3.34. The Balaban J connectivity index is 2.10. The topological polar surface area (TPSA) is 54.0 Å². The summed E-state index contributed by atoms with van der Waals surface area (Å²) in [4.78, 5) is 15.8. The Hall–Kier alpha value is -0.940. The minimum absolute atomic E-state index is 0.112. The molecule has 0 bridgehead atoms. The van der Waals surface area contributed by atoms with E-state index in [1.807, 2.05) is 19.2 Å². The van der Waals surface area contributed by atoms with E-state index < -0.39 is 0 Å². The van der Waals surface area contributed by atoms with E-state index >= 15 is 0 Å². The van der Waals surface area contributed by atoms with Gasteiger partial charge in [0.25, 0.3) is 0 Å². The number of amides is 1. The summed E-state index contributed by atoms with van der Waals surface area (Å²) in [5, 5.41) is 9.28. The Morgan fingerprint density at radius 3 is 2.94 bits per heavy atom. The average molecular weight is 255 g/mol. The zero-order chi connectivity index (χ0) is 12.7. The van der Waals surface area contributed by atoms with Gasteiger partial charge in [0.05, 0.1) is 10.7 Å². The van der Waals surface area contributed by atoms with Crippen LogP contribution in [-0.2, 0) is 11.3 Å². The lowest BCUT2D eigenvalue weighted by molar-refractivity contribution is -0.121. The largest absolute Gasteiger partial charge is 0.354 e. The average Bonchev–Trinajstić information content (AvgIpc) is 2.70. The number of aromatic nitrogens is 1. The summed E-state index contributed by atoms with van der Waals surface area (Å²) >= 11 is 1.65. The SMILES string of the molecule is CCC(C)NC(=O)CCNCc1csc(C)n1. The summed E-state index contributed by atoms with van der Waals surface area (Å²) in [6, 6.07) is 0.267. The molecule has 0 aliphatic carbocycles. The van der Waals surface area contributed by atoms with Crippen molar-refractivity contribution < 1.29 is 4.79 Å². The van der Waals surface area contributed by atoms with Crippen LogP contribution in [0.2, 0.25) is 0 Å². The molecule has 17 heavy (non-hydrogen) atoms. The van der Waals surface area contributed by atoms with Crippen molar-refractivity contribution in [1.82, 2.24) is 15.6 Å². The number of aryl methyl sites for hydroxylation is 1. The highest BCUT2D eigenvalue weighted by Crippen LogP contribution is 2.06. The van der Waals surface area contributed by atoms with Gasteiger partial charge in [0, 0.05) is 30.9 Å². The zero-order valence-corrected chi connectivity index (χ0v) is 11.6. The maximum Gasteiger partial charge on any atom is 0.221 e. The molecule has 1 rings (SSSR count). The van der Waals surface area contributed by atoms with Gasteiger partial charge < -0.3 is 10.6 Å². The molecule has 1 aromatic rings. The molecule has 0 aromatic carbocycles. The highest BCUT2D eigenvalue weighted by Gasteiger charge is 2.04. The van der Waals surface area contributed by atoms with Crippen molar-refractivity contribution in [2.45, 2.75) is 46.2 Å². The van der Waals surface area contributed by atoms with E-state index in [1.165, 1.54) is 0 Å². The molecule has 5 heteroatoms. The number of nitrogens with one attached hydrogen (secondary N) is 2. The van der Waals surface area contributed by atoms with Crippen LogP contribution in [0.5, 0.6) is 0 Å². The Bertz CT molecular complexity index is 351. The summed E-state index contributed by atoms with van der Waals surface area (Å²) in [5.41, 5.74) is 1.05. The first kappa shape index (κ1) is 14.1. The third kappa shape index (κ3) is 5.79. The van der Waals surface area contributed by atoms with Crippen LogP contribution in [-0.4, -0.2) is 23.5 Å². The van der Waals surface area contributed by atoms with E-state index in [2.05, 4.69) is 22.5 Å². The van der Waals surface area contributed by atoms with Crippen LogP contribution < -0.4 is 10.6 Å². The molecule has 1 atom stereocenters. The highest BCUT2D eigenvalue weighted by molar-refractivity contribution is 7.09. The van der Waals surface area contributed by atoms with Gasteiger partial charge in [0.2, 0.25) is 5.91 Å². The molecule has 1 aromatic heterocycles. The molecular weight excluding hydrogens is 234 g/mol. The Morgan fingerprint density at radius 2 is 2.35 bits per heavy atom. The van der Waals surface area contributed by atoms with Gasteiger partial charge in [-0.05, 0) is 20.3 Å². The van der Waals surface area contributed by atoms with Gasteiger partial charge in [0.15, 0.2) is 0 Å². The van der Waals surface area contributed by atoms with Crippen molar-refractivity contribution in [3.8, 4) is 0 Å². The molecule has 0 radical (unpaired) electrons. The van der Waals surface area contributed by atoms with Crippen LogP contribution in [0.1, 0.15) is 37.4 Å². The van der Waals surface area contributed by atoms with Crippen molar-refractivity contribution in [2.75, 3.05) is 6.54 Å². The summed E-state index contributed by atoms with van der Waals surface area (Å²) < 4.78 is 0. The Kier molecular flexibility index (Phi) is 6.15. The van der Waals surface area contributed by atoms with E-state index in [1.54, 1.807) is 11.3 Å². The van der Waals surface area contributed by atoms with Crippen molar-refractivity contribution in [1.29, 1.82) is 0 Å². The van der Waals surface area contributed by atoms with E-state index in [0.717, 1.165) is 23.7 Å². The Labute approximate surface area is 107 Å². The van der Waals surface area contributed by atoms with Crippen molar-refractivity contribution in [3.63, 3.8) is 0 Å². The Morgan fingerprint density at radius 1 is 1.59 bits per heavy atom. The number of nitrogens with zero attached hydrogens (tertiary/aromatic N) is 1. The lowest BCUT2D eigenvalue weighted by Crippen LogP contribution is -2.33. The number of hydrogen-bond donors (Lipinski definition) is 2. The standard InChI is InChI=1S/C12H21N3OS/c1-4-9(2)14-12(16)5-6-13-7-11-8-17-10(3)15-11/h8-9,13H,4-7H2,1-3H3,(H,14,16). The second-order valence-electron chi connectivity index (χ2n) is 4.16. The first-order valence-corrected chi connectivity index (χ1v) is 6.91. The quantitative estimate of drug-likeness (QED) is 0.731. The van der Waals surface area contributed by atoms with Crippen LogP contribution in [0.25, 0.3) is 0 Å². The first-order chi connectivity index (χ1) is 8.11. The number of hydrogen-bond acceptors (Lipinski definition) is 4. The van der Waals surface area contributed by atoms with Gasteiger partial charge in [-0.2, -0.15) is 0 Å². The molecule has 0 aliphatic heterocycles. The van der Waals surface area contributed by atoms with Gasteiger partial charge in [-0.25, -0.2) is 4.98 Å². The predicted molar refractivity (Wildman–Crippen MR) is 71.1 cm³/mol. The maximum absolute atomic E-state index is 11.5. The van der Waals surface area contributed by atoms with Crippen LogP contribution in [0.4, 0.5) is 0 Å². The summed E-state index contributed by atoms with van der Waals surface area (Å²) in [7, 11) is 0. The fourth-order valence-corrected chi connectivity index (χ4v) is 1.97. The lowest BCUT2D eigenvalue weighted by atomic mass is 10.2. The van der Waals surface area contributed by atoms with Gasteiger partial charge in [-0.1, -0.05) is 6.92 Å². The van der Waals surface area contributed by atoms with Crippen molar-refractivity contribution in [3.05, 3.63) is 16.1 Å². The van der Waals surface area contributed by atoms with Crippen LogP contribution >= 0.6 is 11.3 Å². The van der Waals surface area contributed by atoms with Gasteiger partial charge >= 0.3 is 0 Å². The molecule has 2 N–H and O–H groups in total. The van der Waals surface area contributed by atoms with Crippen molar-refractivity contribution >= 4 is 17.2 Å². The summed E-state index contributed by atoms with van der Waals surface area (Å²) in [6.45, 7) is 7.50. The maximum atomic E-state index is 11.5. The third-order valence-electron chi connectivity index (χ3n) is 2.52. The van der Waals surface area contributed by atoms with Gasteiger partial charge in [0.1, 0.15) is 0 Å². The normalized spacial score (nSPS) is 12.4. The highest BCUT2D eigenvalue weighted by atomic mass is 32.1. The summed E-state index contributed by atoms with van der Waals surface area (Å²) in [5.74, 6) is 0.112. The molecule has 0 aliphatic rings. The molecule has 4 nitrogen and oxygen atoms in total. The molecule has 1 heterocycles. The van der Waals surface area contributed by atoms with E-state index in [4.69, 9.17) is 0 Å². The summed E-state index contributed by atoms with van der Waals surface area (Å²) in [6.07, 6.45) is 1.49. The number of rotatable bonds is 7.